The molecule has 0 aliphatic carbocycles. The van der Waals surface area contributed by atoms with Gasteiger partial charge in [0, 0.05) is 12.7 Å². The summed E-state index contributed by atoms with van der Waals surface area (Å²) in [7, 11) is 4.02. The summed E-state index contributed by atoms with van der Waals surface area (Å²) >= 11 is 6.18. The molecule has 0 aromatic carbocycles. The quantitative estimate of drug-likeness (QED) is 0.882. The molecule has 19 heavy (non-hydrogen) atoms. The van der Waals surface area contributed by atoms with E-state index in [2.05, 4.69) is 20.0 Å². The van der Waals surface area contributed by atoms with Crippen LogP contribution in [-0.4, -0.2) is 45.3 Å². The van der Waals surface area contributed by atoms with Crippen molar-refractivity contribution in [3.63, 3.8) is 0 Å². The number of aromatic nitrogens is 4. The van der Waals surface area contributed by atoms with Gasteiger partial charge < -0.3 is 10.6 Å². The summed E-state index contributed by atoms with van der Waals surface area (Å²) in [5.74, 6) is 0. The molecule has 2 heterocycles. The normalized spacial score (nSPS) is 12.9. The molecule has 0 radical (unpaired) electrons. The molecular formula is C12H17ClN6. The third kappa shape index (κ3) is 3.28. The monoisotopic (exact) mass is 280 g/mol. The van der Waals surface area contributed by atoms with Crippen molar-refractivity contribution >= 4 is 11.6 Å². The fourth-order valence-electron chi connectivity index (χ4n) is 1.78. The maximum Gasteiger partial charge on any atom is 0.115 e. The van der Waals surface area contributed by atoms with E-state index in [1.54, 1.807) is 18.5 Å². The zero-order valence-corrected chi connectivity index (χ0v) is 11.7. The highest BCUT2D eigenvalue weighted by molar-refractivity contribution is 6.31. The lowest BCUT2D eigenvalue weighted by atomic mass is 10.1. The van der Waals surface area contributed by atoms with Gasteiger partial charge in [-0.1, -0.05) is 11.6 Å². The summed E-state index contributed by atoms with van der Waals surface area (Å²) in [5.41, 5.74) is 7.72. The molecule has 7 heteroatoms. The summed E-state index contributed by atoms with van der Waals surface area (Å²) < 4.78 is 1.83. The van der Waals surface area contributed by atoms with E-state index in [1.807, 2.05) is 18.8 Å². The second kappa shape index (κ2) is 6.10. The molecule has 1 unspecified atom stereocenters. The van der Waals surface area contributed by atoms with Crippen molar-refractivity contribution < 1.29 is 0 Å². The first-order valence-electron chi connectivity index (χ1n) is 5.97. The number of rotatable bonds is 5. The topological polar surface area (TPSA) is 72.9 Å². The molecule has 0 amide bonds. The molecule has 6 nitrogen and oxygen atoms in total. The van der Waals surface area contributed by atoms with Crippen molar-refractivity contribution in [3.8, 4) is 0 Å². The lowest BCUT2D eigenvalue weighted by molar-refractivity contribution is 0.368. The average Bonchev–Trinajstić information content (AvgIpc) is 2.78. The molecular weight excluding hydrogens is 264 g/mol. The second-order valence-corrected chi connectivity index (χ2v) is 4.92. The summed E-state index contributed by atoms with van der Waals surface area (Å²) in [5, 5.41) is 4.83. The Morgan fingerprint density at radius 3 is 2.89 bits per heavy atom. The van der Waals surface area contributed by atoms with Gasteiger partial charge in [0.25, 0.3) is 0 Å². The van der Waals surface area contributed by atoms with Crippen LogP contribution >= 0.6 is 11.6 Å². The minimum absolute atomic E-state index is 0.403. The number of nitrogens with zero attached hydrogens (tertiary/aromatic N) is 5. The largest absolute Gasteiger partial charge is 0.318 e. The van der Waals surface area contributed by atoms with Crippen LogP contribution in [0, 0.1) is 0 Å². The van der Waals surface area contributed by atoms with Gasteiger partial charge in [0.05, 0.1) is 35.2 Å². The number of halogens is 1. The van der Waals surface area contributed by atoms with Crippen LogP contribution in [0.4, 0.5) is 0 Å². The van der Waals surface area contributed by atoms with Gasteiger partial charge in [-0.2, -0.15) is 5.10 Å². The second-order valence-electron chi connectivity index (χ2n) is 4.52. The van der Waals surface area contributed by atoms with E-state index in [0.29, 0.717) is 5.02 Å². The van der Waals surface area contributed by atoms with Crippen LogP contribution in [0.25, 0.3) is 0 Å². The van der Waals surface area contributed by atoms with Crippen molar-refractivity contribution in [1.82, 2.24) is 24.6 Å². The Morgan fingerprint density at radius 2 is 2.26 bits per heavy atom. The first kappa shape index (κ1) is 13.9. The SMILES string of the molecule is CN(C)CCn1ncc(Cl)c1C(N)c1ccncn1. The third-order valence-electron chi connectivity index (χ3n) is 2.81. The standard InChI is InChI=1S/C12H17ClN6/c1-18(2)5-6-19-12(9(13)7-17-19)11(14)10-3-4-15-8-16-10/h3-4,7-8,11H,5-6,14H2,1-2H3. The molecule has 0 bridgehead atoms. The molecule has 2 N–H and O–H groups in total. The summed E-state index contributed by atoms with van der Waals surface area (Å²) in [6.45, 7) is 1.59. The molecule has 0 aliphatic rings. The van der Waals surface area contributed by atoms with Crippen LogP contribution in [0.5, 0.6) is 0 Å². The molecule has 102 valence electrons. The molecule has 2 aromatic heterocycles. The minimum atomic E-state index is -0.403. The van der Waals surface area contributed by atoms with Crippen LogP contribution < -0.4 is 5.73 Å². The van der Waals surface area contributed by atoms with Gasteiger partial charge in [-0.15, -0.1) is 0 Å². The maximum absolute atomic E-state index is 6.22. The zero-order chi connectivity index (χ0) is 13.8. The van der Waals surface area contributed by atoms with Gasteiger partial charge in [0.1, 0.15) is 6.33 Å². The highest BCUT2D eigenvalue weighted by Gasteiger charge is 2.19. The zero-order valence-electron chi connectivity index (χ0n) is 11.0. The van der Waals surface area contributed by atoms with Crippen LogP contribution in [-0.2, 0) is 6.54 Å². The Morgan fingerprint density at radius 1 is 1.47 bits per heavy atom. The third-order valence-corrected chi connectivity index (χ3v) is 3.10. The lowest BCUT2D eigenvalue weighted by Crippen LogP contribution is -2.24. The van der Waals surface area contributed by atoms with Crippen LogP contribution in [0.1, 0.15) is 17.4 Å². The highest BCUT2D eigenvalue weighted by atomic mass is 35.5. The summed E-state index contributed by atoms with van der Waals surface area (Å²) in [6, 6.07) is 1.38. The van der Waals surface area contributed by atoms with Crippen molar-refractivity contribution in [1.29, 1.82) is 0 Å². The molecule has 0 fully saturated rings. The molecule has 0 saturated carbocycles. The van der Waals surface area contributed by atoms with E-state index < -0.39 is 6.04 Å². The van der Waals surface area contributed by atoms with Crippen LogP contribution in [0.2, 0.25) is 5.02 Å². The first-order chi connectivity index (χ1) is 9.09. The Kier molecular flexibility index (Phi) is 4.47. The van der Waals surface area contributed by atoms with Gasteiger partial charge in [-0.05, 0) is 20.2 Å². The van der Waals surface area contributed by atoms with Crippen LogP contribution in [0.15, 0.2) is 24.8 Å². The van der Waals surface area contributed by atoms with Gasteiger partial charge in [-0.25, -0.2) is 9.97 Å². The van der Waals surface area contributed by atoms with Crippen molar-refractivity contribution in [3.05, 3.63) is 41.2 Å². The van der Waals surface area contributed by atoms with Crippen molar-refractivity contribution in [2.24, 2.45) is 5.73 Å². The van der Waals surface area contributed by atoms with Gasteiger partial charge in [-0.3, -0.25) is 4.68 Å². The highest BCUT2D eigenvalue weighted by Crippen LogP contribution is 2.24. The Hall–Kier alpha value is -1.50. The number of hydrogen-bond acceptors (Lipinski definition) is 5. The fraction of sp³-hybridized carbons (Fsp3) is 0.417. The molecule has 0 aliphatic heterocycles. The molecule has 2 rings (SSSR count). The van der Waals surface area contributed by atoms with Crippen molar-refractivity contribution in [2.75, 3.05) is 20.6 Å². The predicted octanol–water partition coefficient (Wildman–Crippen LogP) is 0.936. The molecule has 1 atom stereocenters. The molecule has 2 aromatic rings. The average molecular weight is 281 g/mol. The van der Waals surface area contributed by atoms with E-state index in [9.17, 15) is 0 Å². The molecule has 0 spiro atoms. The van der Waals surface area contributed by atoms with Crippen molar-refractivity contribution in [2.45, 2.75) is 12.6 Å². The summed E-state index contributed by atoms with van der Waals surface area (Å²) in [6.07, 6.45) is 4.76. The minimum Gasteiger partial charge on any atom is -0.318 e. The number of nitrogens with two attached hydrogens (primary N) is 1. The van der Waals surface area contributed by atoms with Gasteiger partial charge in [0.15, 0.2) is 0 Å². The molecule has 0 saturated heterocycles. The van der Waals surface area contributed by atoms with E-state index in [4.69, 9.17) is 17.3 Å². The Labute approximate surface area is 117 Å². The number of hydrogen-bond donors (Lipinski definition) is 1. The Balaban J connectivity index is 2.26. The van der Waals surface area contributed by atoms with E-state index >= 15 is 0 Å². The van der Waals surface area contributed by atoms with Gasteiger partial charge in [0.2, 0.25) is 0 Å². The van der Waals surface area contributed by atoms with E-state index in [1.165, 1.54) is 6.33 Å². The predicted molar refractivity (Wildman–Crippen MR) is 73.9 cm³/mol. The van der Waals surface area contributed by atoms with E-state index in [-0.39, 0.29) is 0 Å². The number of likely N-dealkylation sites (N-methyl/N-ethyl adjacent to an activating group) is 1. The smallest absolute Gasteiger partial charge is 0.115 e. The van der Waals surface area contributed by atoms with Crippen LogP contribution in [0.3, 0.4) is 0 Å². The first-order valence-corrected chi connectivity index (χ1v) is 6.35. The van der Waals surface area contributed by atoms with E-state index in [0.717, 1.165) is 24.5 Å². The lowest BCUT2D eigenvalue weighted by Gasteiger charge is -2.16. The van der Waals surface area contributed by atoms with Gasteiger partial charge >= 0.3 is 0 Å². The fourth-order valence-corrected chi connectivity index (χ4v) is 2.04. The maximum atomic E-state index is 6.22. The summed E-state index contributed by atoms with van der Waals surface area (Å²) in [4.78, 5) is 10.1. The Bertz CT molecular complexity index is 524.